The average Bonchev–Trinajstić information content (AvgIpc) is 2.60. The third-order valence-corrected chi connectivity index (χ3v) is 4.52. The number of rotatable bonds is 7. The van der Waals surface area contributed by atoms with Gasteiger partial charge in [-0.3, -0.25) is 4.79 Å². The standard InChI is InChI=1S/C20H21Cl2NO3/c1-5-6-13-9-14(10-18(25-3)19(13)26-4)20(24)23-12(2)16-8-7-15(21)11-17(16)22/h5,7-12H,1,6H2,2-4H3,(H,23,24). The Labute approximate surface area is 163 Å². The molecule has 2 aromatic carbocycles. The van der Waals surface area contributed by atoms with Gasteiger partial charge in [0, 0.05) is 21.2 Å². The first-order chi connectivity index (χ1) is 12.4. The van der Waals surface area contributed by atoms with Crippen molar-refractivity contribution in [1.29, 1.82) is 0 Å². The molecule has 6 heteroatoms. The number of carbonyl (C=O) groups is 1. The lowest BCUT2D eigenvalue weighted by atomic mass is 10.0. The van der Waals surface area contributed by atoms with Gasteiger partial charge in [0.25, 0.3) is 5.91 Å². The van der Waals surface area contributed by atoms with Crippen LogP contribution in [0.3, 0.4) is 0 Å². The Bertz CT molecular complexity index is 821. The van der Waals surface area contributed by atoms with Gasteiger partial charge in [-0.25, -0.2) is 0 Å². The highest BCUT2D eigenvalue weighted by atomic mass is 35.5. The summed E-state index contributed by atoms with van der Waals surface area (Å²) in [6.07, 6.45) is 2.30. The number of halogens is 2. The normalized spacial score (nSPS) is 11.6. The molecule has 1 N–H and O–H groups in total. The summed E-state index contributed by atoms with van der Waals surface area (Å²) in [5, 5.41) is 3.99. The van der Waals surface area contributed by atoms with Gasteiger partial charge < -0.3 is 14.8 Å². The van der Waals surface area contributed by atoms with Gasteiger partial charge in [-0.1, -0.05) is 35.3 Å². The van der Waals surface area contributed by atoms with Crippen LogP contribution in [0, 0.1) is 0 Å². The van der Waals surface area contributed by atoms with Gasteiger partial charge >= 0.3 is 0 Å². The molecule has 0 aromatic heterocycles. The number of amides is 1. The minimum absolute atomic E-state index is 0.241. The van der Waals surface area contributed by atoms with Crippen LogP contribution in [0.25, 0.3) is 0 Å². The largest absolute Gasteiger partial charge is 0.493 e. The second-order valence-electron chi connectivity index (χ2n) is 5.72. The molecule has 1 amide bonds. The SMILES string of the molecule is C=CCc1cc(C(=O)NC(C)c2ccc(Cl)cc2Cl)cc(OC)c1OC. The Hall–Kier alpha value is -2.17. The van der Waals surface area contributed by atoms with E-state index in [0.717, 1.165) is 11.1 Å². The molecule has 0 saturated heterocycles. The first kappa shape index (κ1) is 20.1. The van der Waals surface area contributed by atoms with E-state index in [2.05, 4.69) is 11.9 Å². The highest BCUT2D eigenvalue weighted by molar-refractivity contribution is 6.35. The van der Waals surface area contributed by atoms with Crippen molar-refractivity contribution in [3.63, 3.8) is 0 Å². The van der Waals surface area contributed by atoms with Crippen molar-refractivity contribution in [2.75, 3.05) is 14.2 Å². The predicted molar refractivity (Wildman–Crippen MR) is 106 cm³/mol. The fourth-order valence-electron chi connectivity index (χ4n) is 2.69. The number of nitrogens with one attached hydrogen (secondary N) is 1. The van der Waals surface area contributed by atoms with Crippen molar-refractivity contribution < 1.29 is 14.3 Å². The maximum absolute atomic E-state index is 12.7. The molecule has 0 aliphatic heterocycles. The molecule has 26 heavy (non-hydrogen) atoms. The highest BCUT2D eigenvalue weighted by Crippen LogP contribution is 2.33. The molecule has 0 spiro atoms. The maximum atomic E-state index is 12.7. The molecule has 0 radical (unpaired) electrons. The molecule has 138 valence electrons. The van der Waals surface area contributed by atoms with Gasteiger partial charge in [0.15, 0.2) is 11.5 Å². The first-order valence-electron chi connectivity index (χ1n) is 8.02. The zero-order valence-electron chi connectivity index (χ0n) is 14.9. The summed E-state index contributed by atoms with van der Waals surface area (Å²) in [5.41, 5.74) is 2.08. The number of allylic oxidation sites excluding steroid dienone is 1. The Balaban J connectivity index is 2.31. The van der Waals surface area contributed by atoms with Crippen molar-refractivity contribution in [2.24, 2.45) is 0 Å². The second-order valence-corrected chi connectivity index (χ2v) is 6.57. The van der Waals surface area contributed by atoms with Gasteiger partial charge in [0.05, 0.1) is 20.3 Å². The van der Waals surface area contributed by atoms with E-state index in [-0.39, 0.29) is 11.9 Å². The summed E-state index contributed by atoms with van der Waals surface area (Å²) in [7, 11) is 3.10. The molecule has 2 aromatic rings. The van der Waals surface area contributed by atoms with E-state index in [9.17, 15) is 4.79 Å². The molecule has 0 aliphatic carbocycles. The number of methoxy groups -OCH3 is 2. The van der Waals surface area contributed by atoms with Gasteiger partial charge in [0.2, 0.25) is 0 Å². The van der Waals surface area contributed by atoms with Crippen molar-refractivity contribution in [1.82, 2.24) is 5.32 Å². The topological polar surface area (TPSA) is 47.6 Å². The minimum atomic E-state index is -0.289. The van der Waals surface area contributed by atoms with Crippen LogP contribution in [-0.4, -0.2) is 20.1 Å². The number of hydrogen-bond donors (Lipinski definition) is 1. The zero-order chi connectivity index (χ0) is 19.3. The van der Waals surface area contributed by atoms with E-state index in [4.69, 9.17) is 32.7 Å². The van der Waals surface area contributed by atoms with E-state index in [1.807, 2.05) is 6.92 Å². The van der Waals surface area contributed by atoms with Crippen molar-refractivity contribution >= 4 is 29.1 Å². The minimum Gasteiger partial charge on any atom is -0.493 e. The average molecular weight is 394 g/mol. The van der Waals surface area contributed by atoms with Crippen LogP contribution in [0.2, 0.25) is 10.0 Å². The Morgan fingerprint density at radius 1 is 1.23 bits per heavy atom. The summed E-state index contributed by atoms with van der Waals surface area (Å²) >= 11 is 12.2. The fourth-order valence-corrected chi connectivity index (χ4v) is 3.26. The zero-order valence-corrected chi connectivity index (χ0v) is 16.4. The predicted octanol–water partition coefficient (Wildman–Crippen LogP) is 5.23. The first-order valence-corrected chi connectivity index (χ1v) is 8.78. The van der Waals surface area contributed by atoms with Crippen molar-refractivity contribution in [2.45, 2.75) is 19.4 Å². The van der Waals surface area contributed by atoms with E-state index in [1.54, 1.807) is 43.5 Å². The van der Waals surface area contributed by atoms with Gasteiger partial charge in [0.1, 0.15) is 0 Å². The molecule has 1 unspecified atom stereocenters. The van der Waals surface area contributed by atoms with E-state index in [1.165, 1.54) is 7.11 Å². The van der Waals surface area contributed by atoms with Crippen LogP contribution in [0.1, 0.15) is 34.5 Å². The van der Waals surface area contributed by atoms with E-state index < -0.39 is 0 Å². The molecular weight excluding hydrogens is 373 g/mol. The summed E-state index contributed by atoms with van der Waals surface area (Å²) in [6, 6.07) is 8.32. The smallest absolute Gasteiger partial charge is 0.251 e. The van der Waals surface area contributed by atoms with Crippen molar-refractivity contribution in [3.05, 3.63) is 69.7 Å². The molecular formula is C20H21Cl2NO3. The summed E-state index contributed by atoms with van der Waals surface area (Å²) in [6.45, 7) is 5.60. The van der Waals surface area contributed by atoms with Crippen LogP contribution >= 0.6 is 23.2 Å². The van der Waals surface area contributed by atoms with Crippen LogP contribution in [0.5, 0.6) is 11.5 Å². The Kier molecular flexibility index (Phi) is 6.95. The lowest BCUT2D eigenvalue weighted by Crippen LogP contribution is -2.27. The second kappa shape index (κ2) is 8.97. The van der Waals surface area contributed by atoms with Crippen LogP contribution in [0.4, 0.5) is 0 Å². The molecule has 0 fully saturated rings. The number of hydrogen-bond acceptors (Lipinski definition) is 3. The van der Waals surface area contributed by atoms with Crippen LogP contribution in [0.15, 0.2) is 43.0 Å². The molecule has 0 saturated carbocycles. The van der Waals surface area contributed by atoms with Crippen LogP contribution < -0.4 is 14.8 Å². The van der Waals surface area contributed by atoms with Gasteiger partial charge in [-0.05, 0) is 43.2 Å². The van der Waals surface area contributed by atoms with Gasteiger partial charge in [-0.2, -0.15) is 0 Å². The number of ether oxygens (including phenoxy) is 2. The number of benzene rings is 2. The third kappa shape index (κ3) is 4.51. The van der Waals surface area contributed by atoms with Crippen LogP contribution in [-0.2, 0) is 6.42 Å². The fraction of sp³-hybridized carbons (Fsp3) is 0.250. The van der Waals surface area contributed by atoms with Crippen molar-refractivity contribution in [3.8, 4) is 11.5 Å². The molecule has 2 rings (SSSR count). The molecule has 1 atom stereocenters. The summed E-state index contributed by atoms with van der Waals surface area (Å²) in [4.78, 5) is 12.7. The Morgan fingerprint density at radius 3 is 2.54 bits per heavy atom. The Morgan fingerprint density at radius 2 is 1.96 bits per heavy atom. The highest BCUT2D eigenvalue weighted by Gasteiger charge is 2.18. The molecule has 0 aliphatic rings. The molecule has 0 heterocycles. The maximum Gasteiger partial charge on any atom is 0.251 e. The number of carbonyl (C=O) groups excluding carboxylic acids is 1. The molecule has 0 bridgehead atoms. The monoisotopic (exact) mass is 393 g/mol. The summed E-state index contributed by atoms with van der Waals surface area (Å²) < 4.78 is 10.8. The summed E-state index contributed by atoms with van der Waals surface area (Å²) in [5.74, 6) is 0.849. The van der Waals surface area contributed by atoms with Gasteiger partial charge in [-0.15, -0.1) is 6.58 Å². The van der Waals surface area contributed by atoms with E-state index >= 15 is 0 Å². The quantitative estimate of drug-likeness (QED) is 0.655. The van der Waals surface area contributed by atoms with E-state index in [0.29, 0.717) is 33.5 Å². The lowest BCUT2D eigenvalue weighted by molar-refractivity contribution is 0.0939. The lowest BCUT2D eigenvalue weighted by Gasteiger charge is -2.18. The molecule has 4 nitrogen and oxygen atoms in total. The third-order valence-electron chi connectivity index (χ3n) is 3.96.